The van der Waals surface area contributed by atoms with Gasteiger partial charge in [-0.1, -0.05) is 0 Å². The lowest BCUT2D eigenvalue weighted by atomic mass is 9.95. The molecule has 1 aliphatic carbocycles. The van der Waals surface area contributed by atoms with E-state index in [9.17, 15) is 9.59 Å². The van der Waals surface area contributed by atoms with Gasteiger partial charge in [0.2, 0.25) is 5.91 Å². The van der Waals surface area contributed by atoms with E-state index in [0.29, 0.717) is 23.7 Å². The lowest BCUT2D eigenvalue weighted by Crippen LogP contribution is -2.31. The molecule has 28 heavy (non-hydrogen) atoms. The van der Waals surface area contributed by atoms with Gasteiger partial charge in [0.15, 0.2) is 0 Å². The number of hydrogen-bond acceptors (Lipinski definition) is 6. The third-order valence-corrected chi connectivity index (χ3v) is 5.99. The molecule has 152 valence electrons. The second-order valence-corrected chi connectivity index (χ2v) is 7.94. The number of carbonyl (C=O) groups is 2. The molecule has 8 heteroatoms. The Labute approximate surface area is 168 Å². The van der Waals surface area contributed by atoms with Crippen molar-refractivity contribution >= 4 is 28.2 Å². The van der Waals surface area contributed by atoms with Gasteiger partial charge in [0.25, 0.3) is 5.91 Å². The highest BCUT2D eigenvalue weighted by Gasteiger charge is 2.26. The highest BCUT2D eigenvalue weighted by Crippen LogP contribution is 2.38. The minimum Gasteiger partial charge on any atom is -0.468 e. The first-order chi connectivity index (χ1) is 13.6. The maximum absolute atomic E-state index is 12.7. The number of carbonyl (C=O) groups excluding carboxylic acids is 2. The van der Waals surface area contributed by atoms with E-state index in [1.54, 1.807) is 13.4 Å². The van der Waals surface area contributed by atoms with Crippen molar-refractivity contribution in [2.24, 2.45) is 0 Å². The molecule has 2 aromatic rings. The van der Waals surface area contributed by atoms with Gasteiger partial charge in [-0.15, -0.1) is 11.3 Å². The summed E-state index contributed by atoms with van der Waals surface area (Å²) in [7, 11) is 1.60. The molecule has 0 aromatic carbocycles. The lowest BCUT2D eigenvalue weighted by Gasteiger charge is -2.14. The molecule has 7 nitrogen and oxygen atoms in total. The van der Waals surface area contributed by atoms with Gasteiger partial charge in [-0.2, -0.15) is 0 Å². The van der Waals surface area contributed by atoms with E-state index < -0.39 is 0 Å². The highest BCUT2D eigenvalue weighted by molar-refractivity contribution is 7.17. The molecular formula is C20H27N3O4S. The number of aryl methyl sites for hydroxylation is 1. The molecule has 0 bridgehead atoms. The standard InChI is InChI=1S/C20H27N3O4S/c1-13(15-7-5-10-27-15)22-12-17(24)23-20-18(19(25)21-9-11-26-2)14-6-3-4-8-16(14)28-20/h5,7,10,13,22H,3-4,6,8-9,11-12H2,1-2H3,(H,21,25)(H,23,24)/t13-/m0/s1. The number of rotatable bonds is 9. The summed E-state index contributed by atoms with van der Waals surface area (Å²) in [4.78, 5) is 26.4. The predicted octanol–water partition coefficient (Wildman–Crippen LogP) is 2.89. The normalized spacial score (nSPS) is 14.4. The maximum atomic E-state index is 12.7. The summed E-state index contributed by atoms with van der Waals surface area (Å²) in [5.41, 5.74) is 1.70. The zero-order valence-corrected chi connectivity index (χ0v) is 17.1. The summed E-state index contributed by atoms with van der Waals surface area (Å²) in [6, 6.07) is 3.61. The fraction of sp³-hybridized carbons (Fsp3) is 0.500. The molecule has 0 spiro atoms. The summed E-state index contributed by atoms with van der Waals surface area (Å²) in [6.07, 6.45) is 5.63. The first-order valence-electron chi connectivity index (χ1n) is 9.58. The van der Waals surface area contributed by atoms with Gasteiger partial charge in [-0.05, 0) is 50.3 Å². The number of amides is 2. The number of nitrogens with one attached hydrogen (secondary N) is 3. The van der Waals surface area contributed by atoms with Crippen LogP contribution in [0.1, 0.15) is 52.4 Å². The molecule has 1 aliphatic rings. The number of methoxy groups -OCH3 is 1. The van der Waals surface area contributed by atoms with Gasteiger partial charge in [0, 0.05) is 18.5 Å². The van der Waals surface area contributed by atoms with E-state index >= 15 is 0 Å². The monoisotopic (exact) mass is 405 g/mol. The second kappa shape index (κ2) is 9.86. The van der Waals surface area contributed by atoms with Gasteiger partial charge in [-0.25, -0.2) is 0 Å². The minimum atomic E-state index is -0.178. The average Bonchev–Trinajstić information content (AvgIpc) is 3.34. The van der Waals surface area contributed by atoms with Gasteiger partial charge in [-0.3, -0.25) is 14.9 Å². The van der Waals surface area contributed by atoms with Crippen LogP contribution in [0.2, 0.25) is 0 Å². The van der Waals surface area contributed by atoms with Crippen molar-refractivity contribution in [2.45, 2.75) is 38.6 Å². The highest BCUT2D eigenvalue weighted by atomic mass is 32.1. The van der Waals surface area contributed by atoms with Gasteiger partial charge in [0.05, 0.1) is 31.0 Å². The molecule has 0 unspecified atom stereocenters. The molecule has 2 aromatic heterocycles. The minimum absolute atomic E-state index is 0.0749. The van der Waals surface area contributed by atoms with Crippen LogP contribution in [0.4, 0.5) is 5.00 Å². The van der Waals surface area contributed by atoms with Crippen LogP contribution in [0.5, 0.6) is 0 Å². The van der Waals surface area contributed by atoms with E-state index in [1.165, 1.54) is 16.2 Å². The van der Waals surface area contributed by atoms with E-state index in [-0.39, 0.29) is 24.4 Å². The van der Waals surface area contributed by atoms with Crippen molar-refractivity contribution in [1.29, 1.82) is 0 Å². The third-order valence-electron chi connectivity index (χ3n) is 4.78. The van der Waals surface area contributed by atoms with Crippen LogP contribution in [0, 0.1) is 0 Å². The first kappa shape index (κ1) is 20.6. The number of furan rings is 1. The summed E-state index contributed by atoms with van der Waals surface area (Å²) in [5, 5.41) is 9.59. The van der Waals surface area contributed by atoms with E-state index in [0.717, 1.165) is 37.0 Å². The maximum Gasteiger partial charge on any atom is 0.254 e. The Hall–Kier alpha value is -2.16. The van der Waals surface area contributed by atoms with Crippen LogP contribution in [0.3, 0.4) is 0 Å². The molecule has 2 heterocycles. The number of fused-ring (bicyclic) bond motifs is 1. The molecule has 0 aliphatic heterocycles. The van der Waals surface area contributed by atoms with Crippen LogP contribution in [-0.4, -0.2) is 38.6 Å². The Morgan fingerprint density at radius 3 is 2.89 bits per heavy atom. The topological polar surface area (TPSA) is 92.6 Å². The lowest BCUT2D eigenvalue weighted by molar-refractivity contribution is -0.115. The van der Waals surface area contributed by atoms with Gasteiger partial charge in [0.1, 0.15) is 10.8 Å². The van der Waals surface area contributed by atoms with Crippen LogP contribution in [0.15, 0.2) is 22.8 Å². The SMILES string of the molecule is COCCNC(=O)c1c(NC(=O)CN[C@@H](C)c2ccco2)sc2c1CCCC2. The van der Waals surface area contributed by atoms with Crippen LogP contribution in [0.25, 0.3) is 0 Å². The molecular weight excluding hydrogens is 378 g/mol. The molecule has 3 rings (SSSR count). The molecule has 3 N–H and O–H groups in total. The molecule has 0 saturated heterocycles. The largest absolute Gasteiger partial charge is 0.468 e. The van der Waals surface area contributed by atoms with E-state index in [1.807, 2.05) is 19.1 Å². The van der Waals surface area contributed by atoms with Crippen LogP contribution < -0.4 is 16.0 Å². The van der Waals surface area contributed by atoms with Crippen molar-refractivity contribution in [1.82, 2.24) is 10.6 Å². The first-order valence-corrected chi connectivity index (χ1v) is 10.4. The summed E-state index contributed by atoms with van der Waals surface area (Å²) in [5.74, 6) is 0.448. The van der Waals surface area contributed by atoms with Crippen LogP contribution in [-0.2, 0) is 22.4 Å². The average molecular weight is 406 g/mol. The van der Waals surface area contributed by atoms with Crippen LogP contribution >= 0.6 is 11.3 Å². The summed E-state index contributed by atoms with van der Waals surface area (Å²) >= 11 is 1.52. The van der Waals surface area contributed by atoms with Crippen molar-refractivity contribution in [3.05, 3.63) is 40.2 Å². The zero-order valence-electron chi connectivity index (χ0n) is 16.3. The molecule has 2 amide bonds. The number of ether oxygens (including phenoxy) is 1. The zero-order chi connectivity index (χ0) is 19.9. The van der Waals surface area contributed by atoms with E-state index in [4.69, 9.17) is 9.15 Å². The van der Waals surface area contributed by atoms with Crippen molar-refractivity contribution in [3.8, 4) is 0 Å². The number of thiophene rings is 1. The third kappa shape index (κ3) is 5.01. The van der Waals surface area contributed by atoms with Gasteiger partial charge >= 0.3 is 0 Å². The number of anilines is 1. The predicted molar refractivity (Wildman–Crippen MR) is 109 cm³/mol. The Balaban J connectivity index is 1.67. The molecule has 0 saturated carbocycles. The van der Waals surface area contributed by atoms with Crippen molar-refractivity contribution in [3.63, 3.8) is 0 Å². The van der Waals surface area contributed by atoms with Crippen molar-refractivity contribution in [2.75, 3.05) is 32.1 Å². The Kier molecular flexibility index (Phi) is 7.24. The fourth-order valence-electron chi connectivity index (χ4n) is 3.30. The van der Waals surface area contributed by atoms with E-state index in [2.05, 4.69) is 16.0 Å². The Bertz CT molecular complexity index is 801. The Morgan fingerprint density at radius 2 is 2.14 bits per heavy atom. The molecule has 0 radical (unpaired) electrons. The van der Waals surface area contributed by atoms with Gasteiger partial charge < -0.3 is 19.8 Å². The van der Waals surface area contributed by atoms with Crippen molar-refractivity contribution < 1.29 is 18.7 Å². The number of hydrogen-bond donors (Lipinski definition) is 3. The molecule has 0 fully saturated rings. The second-order valence-electron chi connectivity index (χ2n) is 6.83. The summed E-state index contributed by atoms with van der Waals surface area (Å²) < 4.78 is 10.3. The quantitative estimate of drug-likeness (QED) is 0.558. The Morgan fingerprint density at radius 1 is 1.32 bits per heavy atom. The smallest absolute Gasteiger partial charge is 0.254 e. The summed E-state index contributed by atoms with van der Waals surface area (Å²) in [6.45, 7) is 2.96. The fourth-order valence-corrected chi connectivity index (χ4v) is 4.61. The molecule has 1 atom stereocenters.